The minimum absolute atomic E-state index is 0.0864. The number of ether oxygens (including phenoxy) is 4. The molecule has 0 unspecified atom stereocenters. The number of aromatic amines is 1. The third-order valence-electron chi connectivity index (χ3n) is 22.9. The van der Waals surface area contributed by atoms with Gasteiger partial charge in [0, 0.05) is 78.0 Å². The van der Waals surface area contributed by atoms with Crippen LogP contribution < -0.4 is 40.2 Å². The lowest BCUT2D eigenvalue weighted by Gasteiger charge is -2.44. The molecule has 10 aromatic heterocycles. The van der Waals surface area contributed by atoms with Crippen molar-refractivity contribution in [1.82, 2.24) is 74.4 Å². The molecule has 2 aromatic carbocycles. The topological polar surface area (TPSA) is 371 Å². The molecule has 14 heterocycles. The molecule has 2 saturated heterocycles. The molecular formula is C92H100Br5I2N15O14Si2. The van der Waals surface area contributed by atoms with E-state index in [2.05, 4.69) is 315 Å². The second-order valence-electron chi connectivity index (χ2n) is 32.3. The summed E-state index contributed by atoms with van der Waals surface area (Å²) in [5, 5.41) is 36.9. The molecule has 4 aliphatic heterocycles. The monoisotopic (exact) mass is 2340 g/mol. The third kappa shape index (κ3) is 22.8. The number of aromatic nitrogens is 9. The highest BCUT2D eigenvalue weighted by Crippen LogP contribution is 2.46. The first-order valence-electron chi connectivity index (χ1n) is 41.0. The zero-order chi connectivity index (χ0) is 95.2. The summed E-state index contributed by atoms with van der Waals surface area (Å²) in [4.78, 5) is 106. The number of hydrogen-bond donors (Lipinski definition) is 8. The number of urea groups is 2. The standard InChI is InChI=1S/C24H19N5O5.C19H29BrN2OSi.C18H27BrN2OSi.C15H13N3O4.C6H5BrINO.C5H3BrINO.C5H4BrNO/c1-33-15-3-2-14-11-29(21(30)16(14)8-15)12-24(22(31)27-23(32)28-24)20-9-18-19(34-20)5-4-17(26-18)13-6-7-25-10-13;1-13(2)24(14(3)4,15(5)6)22-11-10-16(12-22)17-8-9-18(23-7)19(20)21-17;1-12(2)23(13(3)4,14(5)6)21-10-9-15(11-21)16-7-8-17(22)18(19)20-16;1-3-15(13(20)16-14(21)17-15)8-18-7-9-4-5-10(22-2)6-11(9)12(18)19;1-10-4-2-3-5(8)9-6(4)7;6-5-3(9)1-2-4(7)8-5;6-5-4(8)2-1-3-7-5/h2-10,25H,11-12H2,1H3,(H2,27,28,31,32);8-15H,1-7H3;7-14,22H,1-6H3;1,4-6H,7-8H2,2H3,(H2,16,17,20,21);2-3H,1H3;1-2,9H;1-3,8H/t24-;;;15-;;;/m0..1.../s1. The molecular weight excluding hydrogens is 2250 g/mol. The quantitative estimate of drug-likeness (QED) is 0.0115. The lowest BCUT2D eigenvalue weighted by atomic mass is 9.95. The van der Waals surface area contributed by atoms with Gasteiger partial charge >= 0.3 is 12.1 Å². The van der Waals surface area contributed by atoms with E-state index in [0.29, 0.717) is 93.9 Å². The molecule has 0 aliphatic carbocycles. The van der Waals surface area contributed by atoms with Gasteiger partial charge in [-0.1, -0.05) is 101 Å². The Hall–Kier alpha value is -10.0. The van der Waals surface area contributed by atoms with Gasteiger partial charge in [0.1, 0.15) is 70.4 Å². The first-order valence-corrected chi connectivity index (χ1v) is 51.5. The molecule has 8 amide bonds. The first-order chi connectivity index (χ1) is 61.6. The van der Waals surface area contributed by atoms with Crippen LogP contribution in [0.1, 0.15) is 121 Å². The highest BCUT2D eigenvalue weighted by molar-refractivity contribution is 14.1. The van der Waals surface area contributed by atoms with Crippen LogP contribution in [0.25, 0.3) is 44.9 Å². The van der Waals surface area contributed by atoms with Crippen molar-refractivity contribution < 1.29 is 67.5 Å². The molecule has 8 N–H and O–H groups in total. The molecule has 130 heavy (non-hydrogen) atoms. The van der Waals surface area contributed by atoms with Gasteiger partial charge in [-0.2, -0.15) is 0 Å². The summed E-state index contributed by atoms with van der Waals surface area (Å²) in [6.45, 7) is 28.9. The fourth-order valence-electron chi connectivity index (χ4n) is 17.2. The summed E-state index contributed by atoms with van der Waals surface area (Å²) in [6, 6.07) is 38.5. The minimum atomic E-state index is -1.71. The van der Waals surface area contributed by atoms with Crippen molar-refractivity contribution in [3.63, 3.8) is 0 Å². The number of halogens is 7. The summed E-state index contributed by atoms with van der Waals surface area (Å²) in [5.41, 5.74) is 10.3. The second kappa shape index (κ2) is 44.5. The molecule has 0 spiro atoms. The molecule has 0 bridgehead atoms. The zero-order valence-corrected chi connectivity index (χ0v) is 88.3. The number of aromatic hydroxyl groups is 3. The summed E-state index contributed by atoms with van der Waals surface area (Å²) in [7, 11) is 2.92. The molecule has 29 nitrogen and oxygen atoms in total. The molecule has 2 atom stereocenters. The van der Waals surface area contributed by atoms with Crippen molar-refractivity contribution in [2.45, 2.75) is 140 Å². The Morgan fingerprint density at radius 2 is 0.946 bits per heavy atom. The average molecular weight is 2350 g/mol. The number of nitrogens with zero attached hydrogens (tertiary/aromatic N) is 10. The van der Waals surface area contributed by atoms with E-state index in [9.17, 15) is 33.9 Å². The van der Waals surface area contributed by atoms with Gasteiger partial charge in [-0.25, -0.2) is 39.5 Å². The number of hydrogen-bond acceptors (Lipinski definition) is 20. The van der Waals surface area contributed by atoms with Crippen molar-refractivity contribution in [1.29, 1.82) is 0 Å². The Morgan fingerprint density at radius 1 is 0.500 bits per heavy atom. The van der Waals surface area contributed by atoms with Crippen LogP contribution in [0.3, 0.4) is 0 Å². The minimum Gasteiger partial charge on any atom is -0.505 e. The van der Waals surface area contributed by atoms with E-state index in [-0.39, 0.29) is 47.9 Å². The van der Waals surface area contributed by atoms with Crippen molar-refractivity contribution in [3.8, 4) is 86.4 Å². The van der Waals surface area contributed by atoms with Gasteiger partial charge < -0.3 is 72.6 Å². The van der Waals surface area contributed by atoms with Crippen LogP contribution in [0, 0.1) is 19.7 Å². The van der Waals surface area contributed by atoms with E-state index in [4.69, 9.17) is 40.0 Å². The van der Waals surface area contributed by atoms with Crippen LogP contribution in [0.4, 0.5) is 9.59 Å². The largest absolute Gasteiger partial charge is 0.505 e. The molecule has 4 aliphatic rings. The van der Waals surface area contributed by atoms with Crippen LogP contribution >= 0.6 is 125 Å². The number of fused-ring (bicyclic) bond motifs is 3. The predicted molar refractivity (Wildman–Crippen MR) is 539 cm³/mol. The number of terminal acetylenes is 1. The number of nitrogens with one attached hydrogen (secondary N) is 5. The Labute approximate surface area is 825 Å². The lowest BCUT2D eigenvalue weighted by molar-refractivity contribution is -0.125. The number of amides is 8. The van der Waals surface area contributed by atoms with Crippen LogP contribution in [0.5, 0.6) is 40.2 Å². The summed E-state index contributed by atoms with van der Waals surface area (Å²) in [6.07, 6.45) is 19.7. The highest BCUT2D eigenvalue weighted by atomic mass is 127. The number of H-pyrrole nitrogens is 1. The van der Waals surface area contributed by atoms with E-state index in [1.54, 1.807) is 99.4 Å². The molecule has 0 saturated carbocycles. The number of pyridine rings is 6. The van der Waals surface area contributed by atoms with Gasteiger partial charge in [0.2, 0.25) is 0 Å². The zero-order valence-electron chi connectivity index (χ0n) is 74.1. The lowest BCUT2D eigenvalue weighted by Crippen LogP contribution is -2.54. The Bertz CT molecular complexity index is 6090. The van der Waals surface area contributed by atoms with Gasteiger partial charge in [-0.3, -0.25) is 29.8 Å². The van der Waals surface area contributed by atoms with Crippen LogP contribution in [-0.4, -0.2) is 168 Å². The van der Waals surface area contributed by atoms with Gasteiger partial charge in [0.05, 0.1) is 58.6 Å². The SMILES string of the molecule is C#C[C@]1(CN2Cc3ccc(OC)cc3C2=O)NC(=O)NC1=O.CC(C)[Si](C(C)C)(C(C)C)n1ccc(-c2ccc(O)c(Br)n2)c1.COc1ccc(-c2ccn([Si](C(C)C)(C(C)C)C(C)C)c2)nc1Br.COc1ccc(I)nc1Br.COc1ccc2c(c1)C(=O)N(C[C@@]1(c3cc4nc(-c5cc[nH]c5)ccc4o3)NC(=O)NC1=O)C2.Oc1ccc(I)nc1Br.Oc1cccnc1Br. The normalized spacial score (nSPS) is 15.4. The summed E-state index contributed by atoms with van der Waals surface area (Å²) < 4.78 is 36.4. The van der Waals surface area contributed by atoms with Crippen molar-refractivity contribution in [2.75, 3.05) is 41.5 Å². The number of furan rings is 1. The molecule has 684 valence electrons. The van der Waals surface area contributed by atoms with Gasteiger partial charge in [0.15, 0.2) is 44.6 Å². The fraction of sp³-hybridized carbons (Fsp3) is 0.304. The Balaban J connectivity index is 0.000000166. The number of methoxy groups -OCH3 is 4. The van der Waals surface area contributed by atoms with E-state index >= 15 is 0 Å². The molecule has 12 aromatic rings. The van der Waals surface area contributed by atoms with Crippen LogP contribution in [0.15, 0.2) is 204 Å². The second-order valence-corrected chi connectivity index (χ2v) is 49.8. The highest BCUT2D eigenvalue weighted by Gasteiger charge is 2.54. The first kappa shape index (κ1) is 102. The molecule has 0 radical (unpaired) electrons. The molecule has 16 rings (SSSR count). The maximum atomic E-state index is 13.1. The maximum Gasteiger partial charge on any atom is 0.323 e. The van der Waals surface area contributed by atoms with Crippen molar-refractivity contribution >= 4 is 188 Å². The van der Waals surface area contributed by atoms with E-state index in [1.165, 1.54) is 24.0 Å². The van der Waals surface area contributed by atoms with Gasteiger partial charge in [0.25, 0.3) is 23.6 Å². The van der Waals surface area contributed by atoms with Crippen molar-refractivity contribution in [2.24, 2.45) is 0 Å². The maximum absolute atomic E-state index is 13.1. The van der Waals surface area contributed by atoms with Gasteiger partial charge in [-0.15, -0.1) is 6.42 Å². The Kier molecular flexibility index (Phi) is 34.9. The molecule has 38 heteroatoms. The van der Waals surface area contributed by atoms with E-state index < -0.39 is 51.4 Å². The number of carbonyl (C=O) groups excluding carboxylic acids is 6. The van der Waals surface area contributed by atoms with Gasteiger partial charge in [-0.05, 0) is 297 Å². The number of carbonyl (C=O) groups is 6. The van der Waals surface area contributed by atoms with Crippen molar-refractivity contribution in [3.05, 3.63) is 235 Å². The number of benzene rings is 2. The third-order valence-corrected chi connectivity index (χ3v) is 40.4. The fourth-order valence-corrected chi connectivity index (χ4v) is 33.5. The summed E-state index contributed by atoms with van der Waals surface area (Å²) >= 11 is 20.4. The smallest absolute Gasteiger partial charge is 0.323 e. The Morgan fingerprint density at radius 3 is 1.36 bits per heavy atom. The van der Waals surface area contributed by atoms with Crippen LogP contribution in [0.2, 0.25) is 33.2 Å². The number of rotatable bonds is 20. The average Bonchev–Trinajstić information content (AvgIpc) is 1.60. The summed E-state index contributed by atoms with van der Waals surface area (Å²) in [5.74, 6) is 3.95. The van der Waals surface area contributed by atoms with E-state index in [1.807, 2.05) is 54.7 Å². The predicted octanol–water partition coefficient (Wildman–Crippen LogP) is 20.9. The van der Waals surface area contributed by atoms with Crippen LogP contribution in [-0.2, 0) is 28.2 Å². The molecule has 2 fully saturated rings. The number of imide groups is 2. The van der Waals surface area contributed by atoms with E-state index in [0.717, 1.165) is 73.0 Å².